The molecule has 0 aliphatic carbocycles. The van der Waals surface area contributed by atoms with Gasteiger partial charge in [-0.25, -0.2) is 0 Å². The molecule has 1 aromatic rings. The second kappa shape index (κ2) is 4.41. The van der Waals surface area contributed by atoms with Gasteiger partial charge in [-0.1, -0.05) is 6.07 Å². The smallest absolute Gasteiger partial charge is 0.123 e. The fourth-order valence-corrected chi connectivity index (χ4v) is 1.75. The lowest BCUT2D eigenvalue weighted by molar-refractivity contribution is 0.337. The van der Waals surface area contributed by atoms with Gasteiger partial charge in [-0.2, -0.15) is 0 Å². The molecule has 0 unspecified atom stereocenters. The minimum Gasteiger partial charge on any atom is -0.494 e. The minimum atomic E-state index is 0.735. The van der Waals surface area contributed by atoms with Crippen LogP contribution in [-0.4, -0.2) is 12.9 Å². The molecule has 0 saturated carbocycles. The Morgan fingerprint density at radius 2 is 2.17 bits per heavy atom. The van der Waals surface area contributed by atoms with Crippen molar-refractivity contribution < 1.29 is 4.74 Å². The lowest BCUT2D eigenvalue weighted by atomic mass is 10.2. The van der Waals surface area contributed by atoms with Gasteiger partial charge in [0, 0.05) is 10.5 Å². The van der Waals surface area contributed by atoms with Gasteiger partial charge in [-0.15, -0.1) is 11.8 Å². The molecular formula is C10H14OS. The zero-order chi connectivity index (χ0) is 8.97. The normalized spacial score (nSPS) is 9.92. The van der Waals surface area contributed by atoms with Crippen molar-refractivity contribution in [3.05, 3.63) is 23.8 Å². The Morgan fingerprint density at radius 1 is 1.42 bits per heavy atom. The standard InChI is InChI=1S/C10H14OS/c1-4-11-9-6-5-7-10(12-3)8(9)2/h5-7H,4H2,1-3H3. The van der Waals surface area contributed by atoms with E-state index in [1.165, 1.54) is 10.5 Å². The maximum atomic E-state index is 5.47. The molecule has 0 amide bonds. The molecule has 0 fully saturated rings. The second-order valence-corrected chi connectivity index (χ2v) is 3.36. The Bertz CT molecular complexity index is 258. The van der Waals surface area contributed by atoms with Gasteiger partial charge in [-0.3, -0.25) is 0 Å². The Kier molecular flexibility index (Phi) is 3.48. The van der Waals surface area contributed by atoms with Crippen molar-refractivity contribution in [1.82, 2.24) is 0 Å². The van der Waals surface area contributed by atoms with E-state index >= 15 is 0 Å². The quantitative estimate of drug-likeness (QED) is 0.664. The van der Waals surface area contributed by atoms with Gasteiger partial charge in [0.05, 0.1) is 6.61 Å². The first-order chi connectivity index (χ1) is 5.79. The van der Waals surface area contributed by atoms with Crippen molar-refractivity contribution in [3.63, 3.8) is 0 Å². The molecule has 12 heavy (non-hydrogen) atoms. The van der Waals surface area contributed by atoms with Gasteiger partial charge < -0.3 is 4.74 Å². The van der Waals surface area contributed by atoms with Crippen LogP contribution in [0.15, 0.2) is 23.1 Å². The molecule has 0 spiro atoms. The average molecular weight is 182 g/mol. The van der Waals surface area contributed by atoms with Crippen molar-refractivity contribution in [2.75, 3.05) is 12.9 Å². The summed E-state index contributed by atoms with van der Waals surface area (Å²) in [5, 5.41) is 0. The molecule has 66 valence electrons. The third-order valence-corrected chi connectivity index (χ3v) is 2.64. The van der Waals surface area contributed by atoms with E-state index in [1.54, 1.807) is 11.8 Å². The van der Waals surface area contributed by atoms with Crippen LogP contribution in [0.25, 0.3) is 0 Å². The van der Waals surface area contributed by atoms with Crippen molar-refractivity contribution in [1.29, 1.82) is 0 Å². The maximum absolute atomic E-state index is 5.47. The van der Waals surface area contributed by atoms with E-state index in [2.05, 4.69) is 19.2 Å². The molecule has 0 heterocycles. The number of hydrogen-bond acceptors (Lipinski definition) is 2. The van der Waals surface area contributed by atoms with Crippen LogP contribution < -0.4 is 4.74 Å². The summed E-state index contributed by atoms with van der Waals surface area (Å²) >= 11 is 1.76. The van der Waals surface area contributed by atoms with E-state index < -0.39 is 0 Å². The Balaban J connectivity index is 2.97. The molecule has 0 aliphatic rings. The van der Waals surface area contributed by atoms with Crippen LogP contribution in [0.5, 0.6) is 5.75 Å². The monoisotopic (exact) mass is 182 g/mol. The van der Waals surface area contributed by atoms with E-state index in [9.17, 15) is 0 Å². The van der Waals surface area contributed by atoms with Gasteiger partial charge in [0.25, 0.3) is 0 Å². The summed E-state index contributed by atoms with van der Waals surface area (Å²) in [5.74, 6) is 1.00. The fourth-order valence-electron chi connectivity index (χ4n) is 1.13. The molecule has 0 bridgehead atoms. The SMILES string of the molecule is CCOc1cccc(SC)c1C. The Hall–Kier alpha value is -0.630. The lowest BCUT2D eigenvalue weighted by Crippen LogP contribution is -1.94. The topological polar surface area (TPSA) is 9.23 Å². The lowest BCUT2D eigenvalue weighted by Gasteiger charge is -2.09. The highest BCUT2D eigenvalue weighted by molar-refractivity contribution is 7.98. The molecule has 1 aromatic carbocycles. The average Bonchev–Trinajstić information content (AvgIpc) is 2.09. The van der Waals surface area contributed by atoms with E-state index in [1.807, 2.05) is 19.1 Å². The zero-order valence-corrected chi connectivity index (χ0v) is 8.57. The highest BCUT2D eigenvalue weighted by Crippen LogP contribution is 2.27. The predicted molar refractivity (Wildman–Crippen MR) is 54.1 cm³/mol. The first-order valence-electron chi connectivity index (χ1n) is 4.06. The molecule has 0 radical (unpaired) electrons. The number of hydrogen-bond donors (Lipinski definition) is 0. The Morgan fingerprint density at radius 3 is 2.75 bits per heavy atom. The molecule has 0 saturated heterocycles. The van der Waals surface area contributed by atoms with Crippen LogP contribution in [0.2, 0.25) is 0 Å². The van der Waals surface area contributed by atoms with Gasteiger partial charge in [0.15, 0.2) is 0 Å². The van der Waals surface area contributed by atoms with Gasteiger partial charge in [-0.05, 0) is 32.2 Å². The highest BCUT2D eigenvalue weighted by atomic mass is 32.2. The number of benzene rings is 1. The summed E-state index contributed by atoms with van der Waals surface area (Å²) in [5.41, 5.74) is 1.24. The second-order valence-electron chi connectivity index (χ2n) is 2.52. The van der Waals surface area contributed by atoms with Crippen molar-refractivity contribution in [2.24, 2.45) is 0 Å². The van der Waals surface area contributed by atoms with E-state index in [0.29, 0.717) is 0 Å². The molecule has 1 nitrogen and oxygen atoms in total. The van der Waals surface area contributed by atoms with Crippen LogP contribution in [0.3, 0.4) is 0 Å². The molecule has 2 heteroatoms. The number of ether oxygens (including phenoxy) is 1. The Labute approximate surface area is 78.1 Å². The van der Waals surface area contributed by atoms with Crippen LogP contribution in [0.1, 0.15) is 12.5 Å². The van der Waals surface area contributed by atoms with Crippen molar-refractivity contribution in [2.45, 2.75) is 18.7 Å². The maximum Gasteiger partial charge on any atom is 0.123 e. The third-order valence-electron chi connectivity index (χ3n) is 1.75. The highest BCUT2D eigenvalue weighted by Gasteiger charge is 2.02. The van der Waals surface area contributed by atoms with Gasteiger partial charge in [0.2, 0.25) is 0 Å². The van der Waals surface area contributed by atoms with Crippen molar-refractivity contribution in [3.8, 4) is 5.75 Å². The number of thioether (sulfide) groups is 1. The van der Waals surface area contributed by atoms with Crippen LogP contribution >= 0.6 is 11.8 Å². The van der Waals surface area contributed by atoms with Crippen LogP contribution in [0.4, 0.5) is 0 Å². The summed E-state index contributed by atoms with van der Waals surface area (Å²) < 4.78 is 5.47. The van der Waals surface area contributed by atoms with Crippen LogP contribution in [-0.2, 0) is 0 Å². The van der Waals surface area contributed by atoms with Crippen LogP contribution in [0, 0.1) is 6.92 Å². The predicted octanol–water partition coefficient (Wildman–Crippen LogP) is 3.12. The largest absolute Gasteiger partial charge is 0.494 e. The molecule has 0 atom stereocenters. The van der Waals surface area contributed by atoms with Crippen molar-refractivity contribution >= 4 is 11.8 Å². The molecular weight excluding hydrogens is 168 g/mol. The number of rotatable bonds is 3. The summed E-state index contributed by atoms with van der Waals surface area (Å²) in [6.45, 7) is 4.83. The first-order valence-corrected chi connectivity index (χ1v) is 5.28. The molecule has 0 aromatic heterocycles. The molecule has 1 rings (SSSR count). The summed E-state index contributed by atoms with van der Waals surface area (Å²) in [6, 6.07) is 6.16. The fraction of sp³-hybridized carbons (Fsp3) is 0.400. The van der Waals surface area contributed by atoms with Gasteiger partial charge >= 0.3 is 0 Å². The van der Waals surface area contributed by atoms with E-state index in [-0.39, 0.29) is 0 Å². The molecule has 0 N–H and O–H groups in total. The summed E-state index contributed by atoms with van der Waals surface area (Å²) in [4.78, 5) is 1.29. The van der Waals surface area contributed by atoms with E-state index in [0.717, 1.165) is 12.4 Å². The van der Waals surface area contributed by atoms with Gasteiger partial charge in [0.1, 0.15) is 5.75 Å². The first kappa shape index (κ1) is 9.46. The summed E-state index contributed by atoms with van der Waals surface area (Å²) in [6.07, 6.45) is 2.08. The summed E-state index contributed by atoms with van der Waals surface area (Å²) in [7, 11) is 0. The zero-order valence-electron chi connectivity index (χ0n) is 7.76. The minimum absolute atomic E-state index is 0.735. The van der Waals surface area contributed by atoms with E-state index in [4.69, 9.17) is 4.74 Å². The third kappa shape index (κ3) is 1.95. The molecule has 0 aliphatic heterocycles.